The molecule has 120 valence electrons. The normalized spacial score (nSPS) is 18.0. The van der Waals surface area contributed by atoms with Crippen molar-refractivity contribution in [2.24, 2.45) is 0 Å². The Bertz CT molecular complexity index is 746. The largest absolute Gasteiger partial charge is 0.480 e. The van der Waals surface area contributed by atoms with E-state index in [-0.39, 0.29) is 5.69 Å². The van der Waals surface area contributed by atoms with Crippen LogP contribution in [0.5, 0.6) is 0 Å². The number of piperidine rings is 1. The van der Waals surface area contributed by atoms with E-state index >= 15 is 0 Å². The Labute approximate surface area is 136 Å². The van der Waals surface area contributed by atoms with Crippen LogP contribution in [0.3, 0.4) is 0 Å². The molecule has 1 fully saturated rings. The molecule has 1 aromatic carbocycles. The van der Waals surface area contributed by atoms with Crippen LogP contribution in [0.4, 0.5) is 4.39 Å². The Kier molecular flexibility index (Phi) is 4.38. The van der Waals surface area contributed by atoms with Gasteiger partial charge in [0.25, 0.3) is 5.91 Å². The molecule has 1 aromatic heterocycles. The summed E-state index contributed by atoms with van der Waals surface area (Å²) in [5, 5.41) is 11.2. The molecule has 1 N–H and O–H groups in total. The lowest BCUT2D eigenvalue weighted by molar-refractivity contribution is -0.143. The van der Waals surface area contributed by atoms with Crippen molar-refractivity contribution in [3.05, 3.63) is 41.2 Å². The molecule has 5 nitrogen and oxygen atoms in total. The zero-order valence-electron chi connectivity index (χ0n) is 12.2. The Morgan fingerprint density at radius 3 is 2.83 bits per heavy atom. The molecule has 1 atom stereocenters. The summed E-state index contributed by atoms with van der Waals surface area (Å²) in [5.74, 6) is -1.80. The maximum atomic E-state index is 13.8. The number of carboxylic acid groups (broad SMARTS) is 1. The molecule has 0 radical (unpaired) electrons. The number of carbonyl (C=O) groups is 2. The first-order valence-corrected chi connectivity index (χ1v) is 8.20. The van der Waals surface area contributed by atoms with Gasteiger partial charge in [-0.1, -0.05) is 12.1 Å². The van der Waals surface area contributed by atoms with Gasteiger partial charge in [-0.05, 0) is 31.4 Å². The van der Waals surface area contributed by atoms with Crippen LogP contribution in [-0.2, 0) is 4.79 Å². The van der Waals surface area contributed by atoms with E-state index < -0.39 is 23.7 Å². The average Bonchev–Trinajstić information content (AvgIpc) is 3.04. The molecule has 3 rings (SSSR count). The summed E-state index contributed by atoms with van der Waals surface area (Å²) in [6, 6.07) is 5.41. The number of aliphatic carboxylic acids is 1. The minimum atomic E-state index is -0.998. The summed E-state index contributed by atoms with van der Waals surface area (Å²) >= 11 is 1.17. The second-order valence-corrected chi connectivity index (χ2v) is 6.22. The highest BCUT2D eigenvalue weighted by molar-refractivity contribution is 7.13. The predicted octanol–water partition coefficient (Wildman–Crippen LogP) is 3.03. The third-order valence-corrected chi connectivity index (χ3v) is 4.75. The summed E-state index contributed by atoms with van der Waals surface area (Å²) in [6.07, 6.45) is 2.02. The maximum Gasteiger partial charge on any atom is 0.326 e. The number of hydrogen-bond donors (Lipinski definition) is 1. The number of nitrogens with zero attached hydrogens (tertiary/aromatic N) is 2. The molecule has 7 heteroatoms. The Morgan fingerprint density at radius 2 is 2.09 bits per heavy atom. The first-order valence-electron chi connectivity index (χ1n) is 7.32. The summed E-state index contributed by atoms with van der Waals surface area (Å²) in [5.41, 5.74) is 0.506. The highest BCUT2D eigenvalue weighted by Gasteiger charge is 2.33. The van der Waals surface area contributed by atoms with Crippen molar-refractivity contribution < 1.29 is 19.1 Å². The maximum absolute atomic E-state index is 13.8. The number of aromatic nitrogens is 1. The van der Waals surface area contributed by atoms with E-state index in [9.17, 15) is 19.1 Å². The number of rotatable bonds is 3. The van der Waals surface area contributed by atoms with Gasteiger partial charge in [-0.3, -0.25) is 4.79 Å². The lowest BCUT2D eigenvalue weighted by Crippen LogP contribution is -2.48. The van der Waals surface area contributed by atoms with E-state index in [0.717, 1.165) is 12.8 Å². The molecule has 0 spiro atoms. The summed E-state index contributed by atoms with van der Waals surface area (Å²) < 4.78 is 13.8. The van der Waals surface area contributed by atoms with E-state index in [1.54, 1.807) is 23.6 Å². The van der Waals surface area contributed by atoms with Crippen LogP contribution in [0.1, 0.15) is 29.8 Å². The number of amides is 1. The lowest BCUT2D eigenvalue weighted by Gasteiger charge is -2.32. The predicted molar refractivity (Wildman–Crippen MR) is 83.8 cm³/mol. The highest BCUT2D eigenvalue weighted by atomic mass is 32.1. The molecule has 1 aliphatic rings. The summed E-state index contributed by atoms with van der Waals surface area (Å²) in [6.45, 7) is 0.405. The Balaban J connectivity index is 1.86. The van der Waals surface area contributed by atoms with Gasteiger partial charge in [-0.25, -0.2) is 14.2 Å². The molecular weight excluding hydrogens is 319 g/mol. The molecule has 1 amide bonds. The van der Waals surface area contributed by atoms with Crippen LogP contribution < -0.4 is 0 Å². The van der Waals surface area contributed by atoms with Gasteiger partial charge in [-0.15, -0.1) is 11.3 Å². The van der Waals surface area contributed by atoms with Crippen LogP contribution in [0, 0.1) is 5.82 Å². The van der Waals surface area contributed by atoms with Crippen molar-refractivity contribution in [3.8, 4) is 10.6 Å². The van der Waals surface area contributed by atoms with Crippen molar-refractivity contribution in [2.75, 3.05) is 6.54 Å². The molecule has 1 aliphatic heterocycles. The van der Waals surface area contributed by atoms with E-state index in [0.29, 0.717) is 23.5 Å². The van der Waals surface area contributed by atoms with E-state index in [1.807, 2.05) is 0 Å². The van der Waals surface area contributed by atoms with Crippen LogP contribution in [-0.4, -0.2) is 39.5 Å². The third-order valence-electron chi connectivity index (χ3n) is 3.88. The standard InChI is InChI=1S/C16H15FN2O3S/c17-11-6-2-1-5-10(11)14-18-12(9-23-14)15(20)19-8-4-3-7-13(19)16(21)22/h1-2,5-6,9,13H,3-4,7-8H2,(H,21,22)/t13-/m1/s1. The van der Waals surface area contributed by atoms with Crippen LogP contribution >= 0.6 is 11.3 Å². The third kappa shape index (κ3) is 3.10. The molecule has 2 aromatic rings. The summed E-state index contributed by atoms with van der Waals surface area (Å²) in [4.78, 5) is 29.4. The van der Waals surface area contributed by atoms with Gasteiger partial charge in [0.2, 0.25) is 0 Å². The van der Waals surface area contributed by atoms with Crippen LogP contribution in [0.25, 0.3) is 10.6 Å². The Morgan fingerprint density at radius 1 is 1.30 bits per heavy atom. The number of carboxylic acids is 1. The van der Waals surface area contributed by atoms with Gasteiger partial charge in [0.05, 0.1) is 0 Å². The number of halogens is 1. The van der Waals surface area contributed by atoms with Gasteiger partial charge in [0.1, 0.15) is 22.6 Å². The van der Waals surface area contributed by atoms with Gasteiger partial charge < -0.3 is 10.0 Å². The molecule has 0 bridgehead atoms. The molecule has 23 heavy (non-hydrogen) atoms. The fourth-order valence-electron chi connectivity index (χ4n) is 2.71. The van der Waals surface area contributed by atoms with Gasteiger partial charge in [-0.2, -0.15) is 0 Å². The van der Waals surface area contributed by atoms with E-state index in [1.165, 1.54) is 22.3 Å². The summed E-state index contributed by atoms with van der Waals surface area (Å²) in [7, 11) is 0. The quantitative estimate of drug-likeness (QED) is 0.936. The molecule has 1 saturated heterocycles. The minimum absolute atomic E-state index is 0.168. The second-order valence-electron chi connectivity index (χ2n) is 5.37. The first kappa shape index (κ1) is 15.6. The van der Waals surface area contributed by atoms with Gasteiger partial charge in [0.15, 0.2) is 0 Å². The monoisotopic (exact) mass is 334 g/mol. The number of likely N-dealkylation sites (tertiary alicyclic amines) is 1. The molecule has 0 saturated carbocycles. The highest BCUT2D eigenvalue weighted by Crippen LogP contribution is 2.27. The van der Waals surface area contributed by atoms with Crippen molar-refractivity contribution in [1.29, 1.82) is 0 Å². The SMILES string of the molecule is O=C(O)[C@H]1CCCCN1C(=O)c1csc(-c2ccccc2F)n1. The number of thiazole rings is 1. The Hall–Kier alpha value is -2.28. The van der Waals surface area contributed by atoms with Crippen molar-refractivity contribution in [2.45, 2.75) is 25.3 Å². The second kappa shape index (κ2) is 6.45. The topological polar surface area (TPSA) is 70.5 Å². The van der Waals surface area contributed by atoms with E-state index in [4.69, 9.17) is 0 Å². The zero-order chi connectivity index (χ0) is 16.4. The molecule has 0 aliphatic carbocycles. The molecular formula is C16H15FN2O3S. The fraction of sp³-hybridized carbons (Fsp3) is 0.312. The van der Waals surface area contributed by atoms with Crippen molar-refractivity contribution in [3.63, 3.8) is 0 Å². The molecule has 2 heterocycles. The smallest absolute Gasteiger partial charge is 0.326 e. The zero-order valence-corrected chi connectivity index (χ0v) is 13.1. The number of benzene rings is 1. The van der Waals surface area contributed by atoms with Crippen LogP contribution in [0.2, 0.25) is 0 Å². The number of carbonyl (C=O) groups excluding carboxylic acids is 1. The molecule has 0 unspecified atom stereocenters. The fourth-order valence-corrected chi connectivity index (χ4v) is 3.53. The average molecular weight is 334 g/mol. The van der Waals surface area contributed by atoms with Gasteiger partial charge in [0, 0.05) is 17.5 Å². The van der Waals surface area contributed by atoms with E-state index in [2.05, 4.69) is 4.98 Å². The van der Waals surface area contributed by atoms with Crippen LogP contribution in [0.15, 0.2) is 29.6 Å². The van der Waals surface area contributed by atoms with Gasteiger partial charge >= 0.3 is 5.97 Å². The van der Waals surface area contributed by atoms with Crippen molar-refractivity contribution in [1.82, 2.24) is 9.88 Å². The first-order chi connectivity index (χ1) is 11.1. The number of hydrogen-bond acceptors (Lipinski definition) is 4. The van der Waals surface area contributed by atoms with Crippen molar-refractivity contribution >= 4 is 23.2 Å². The minimum Gasteiger partial charge on any atom is -0.480 e. The lowest BCUT2D eigenvalue weighted by atomic mass is 10.0.